The molecule has 0 amide bonds. The zero-order chi connectivity index (χ0) is 15.4. The Morgan fingerprint density at radius 1 is 1.27 bits per heavy atom. The average Bonchev–Trinajstić information content (AvgIpc) is 3.05. The molecule has 4 nitrogen and oxygen atoms in total. The number of hydrogen-bond donors (Lipinski definition) is 1. The minimum absolute atomic E-state index is 0.650. The van der Waals surface area contributed by atoms with Crippen molar-refractivity contribution in [3.63, 3.8) is 0 Å². The number of ether oxygens (including phenoxy) is 1. The molecule has 0 radical (unpaired) electrons. The summed E-state index contributed by atoms with van der Waals surface area (Å²) < 4.78 is 5.49. The second kappa shape index (κ2) is 7.64. The Balaban J connectivity index is 1.51. The van der Waals surface area contributed by atoms with Crippen molar-refractivity contribution < 1.29 is 4.74 Å². The molecule has 122 valence electrons. The van der Waals surface area contributed by atoms with Crippen LogP contribution in [0.3, 0.4) is 0 Å². The van der Waals surface area contributed by atoms with Crippen LogP contribution in [0.1, 0.15) is 18.9 Å². The highest BCUT2D eigenvalue weighted by Gasteiger charge is 2.25. The first-order valence-corrected chi connectivity index (χ1v) is 8.72. The number of benzene rings is 1. The van der Waals surface area contributed by atoms with E-state index < -0.39 is 0 Å². The van der Waals surface area contributed by atoms with E-state index in [0.717, 1.165) is 43.0 Å². The first kappa shape index (κ1) is 16.1. The van der Waals surface area contributed by atoms with Gasteiger partial charge in [0.1, 0.15) is 5.75 Å². The number of piperazine rings is 1. The standard InChI is InChI=1S/C17H26ClN3O/c1-2-22-17-4-3-14(11-16(17)18)13-20-7-9-21(10-8-20)15-5-6-19-12-15/h3-4,11,15,19H,2,5-10,12-13H2,1H3. The third-order valence-corrected chi connectivity index (χ3v) is 4.96. The van der Waals surface area contributed by atoms with E-state index in [4.69, 9.17) is 16.3 Å². The molecular formula is C17H26ClN3O. The Morgan fingerprint density at radius 3 is 2.73 bits per heavy atom. The maximum Gasteiger partial charge on any atom is 0.137 e. The van der Waals surface area contributed by atoms with Crippen LogP contribution in [-0.2, 0) is 6.54 Å². The van der Waals surface area contributed by atoms with Crippen LogP contribution in [0.25, 0.3) is 0 Å². The summed E-state index contributed by atoms with van der Waals surface area (Å²) in [5, 5.41) is 4.18. The van der Waals surface area contributed by atoms with Gasteiger partial charge in [0.2, 0.25) is 0 Å². The number of rotatable bonds is 5. The van der Waals surface area contributed by atoms with Gasteiger partial charge in [-0.2, -0.15) is 0 Å². The maximum atomic E-state index is 6.28. The molecule has 2 aliphatic rings. The molecule has 2 fully saturated rings. The SMILES string of the molecule is CCOc1ccc(CN2CCN(C3CCNC3)CC2)cc1Cl. The fourth-order valence-electron chi connectivity index (χ4n) is 3.41. The highest BCUT2D eigenvalue weighted by molar-refractivity contribution is 6.32. The van der Waals surface area contributed by atoms with Gasteiger partial charge < -0.3 is 10.1 Å². The Hall–Kier alpha value is -0.810. The van der Waals surface area contributed by atoms with Crippen LogP contribution in [0, 0.1) is 0 Å². The lowest BCUT2D eigenvalue weighted by atomic mass is 10.1. The van der Waals surface area contributed by atoms with E-state index in [2.05, 4.69) is 21.2 Å². The number of nitrogens with zero attached hydrogens (tertiary/aromatic N) is 2. The normalized spacial score (nSPS) is 23.8. The molecule has 2 heterocycles. The molecule has 0 bridgehead atoms. The fraction of sp³-hybridized carbons (Fsp3) is 0.647. The molecule has 0 aromatic heterocycles. The van der Waals surface area contributed by atoms with E-state index in [1.54, 1.807) is 0 Å². The lowest BCUT2D eigenvalue weighted by Crippen LogP contribution is -2.50. The first-order chi connectivity index (χ1) is 10.8. The molecule has 2 aliphatic heterocycles. The molecule has 0 saturated carbocycles. The van der Waals surface area contributed by atoms with Gasteiger partial charge >= 0.3 is 0 Å². The van der Waals surface area contributed by atoms with Crippen molar-refractivity contribution in [1.29, 1.82) is 0 Å². The smallest absolute Gasteiger partial charge is 0.137 e. The van der Waals surface area contributed by atoms with E-state index in [9.17, 15) is 0 Å². The highest BCUT2D eigenvalue weighted by atomic mass is 35.5. The minimum atomic E-state index is 0.650. The molecule has 2 saturated heterocycles. The average molecular weight is 324 g/mol. The van der Waals surface area contributed by atoms with Crippen LogP contribution in [0.4, 0.5) is 0 Å². The van der Waals surface area contributed by atoms with Gasteiger partial charge in [-0.25, -0.2) is 0 Å². The number of hydrogen-bond acceptors (Lipinski definition) is 4. The third-order valence-electron chi connectivity index (χ3n) is 4.66. The van der Waals surface area contributed by atoms with Gasteiger partial charge in [-0.15, -0.1) is 0 Å². The minimum Gasteiger partial charge on any atom is -0.492 e. The van der Waals surface area contributed by atoms with Gasteiger partial charge in [-0.05, 0) is 37.6 Å². The third kappa shape index (κ3) is 3.93. The quantitative estimate of drug-likeness (QED) is 0.899. The van der Waals surface area contributed by atoms with Gasteiger partial charge in [0, 0.05) is 45.3 Å². The summed E-state index contributed by atoms with van der Waals surface area (Å²) in [5.41, 5.74) is 1.27. The Kier molecular flexibility index (Phi) is 5.58. The fourth-order valence-corrected chi connectivity index (χ4v) is 3.67. The Labute approximate surface area is 138 Å². The van der Waals surface area contributed by atoms with Crippen LogP contribution >= 0.6 is 11.6 Å². The highest BCUT2D eigenvalue weighted by Crippen LogP contribution is 2.26. The maximum absolute atomic E-state index is 6.28. The van der Waals surface area contributed by atoms with Gasteiger partial charge in [0.05, 0.1) is 11.6 Å². The molecule has 3 rings (SSSR count). The molecule has 0 spiro atoms. The van der Waals surface area contributed by atoms with E-state index in [1.807, 2.05) is 19.1 Å². The number of halogens is 1. The van der Waals surface area contributed by atoms with Crippen molar-refractivity contribution in [1.82, 2.24) is 15.1 Å². The van der Waals surface area contributed by atoms with Crippen molar-refractivity contribution >= 4 is 11.6 Å². The van der Waals surface area contributed by atoms with E-state index in [-0.39, 0.29) is 0 Å². The summed E-state index contributed by atoms with van der Waals surface area (Å²) in [6.07, 6.45) is 1.30. The lowest BCUT2D eigenvalue weighted by molar-refractivity contribution is 0.0981. The summed E-state index contributed by atoms with van der Waals surface area (Å²) in [6, 6.07) is 6.91. The van der Waals surface area contributed by atoms with E-state index >= 15 is 0 Å². The van der Waals surface area contributed by atoms with Crippen LogP contribution < -0.4 is 10.1 Å². The Bertz CT molecular complexity index is 483. The predicted octanol–water partition coefficient (Wildman–Crippen LogP) is 2.22. The van der Waals surface area contributed by atoms with Crippen molar-refractivity contribution in [2.45, 2.75) is 25.9 Å². The molecule has 5 heteroatoms. The van der Waals surface area contributed by atoms with Crippen molar-refractivity contribution in [2.24, 2.45) is 0 Å². The predicted molar refractivity (Wildman–Crippen MR) is 90.7 cm³/mol. The van der Waals surface area contributed by atoms with E-state index in [1.165, 1.54) is 31.6 Å². The lowest BCUT2D eigenvalue weighted by Gasteiger charge is -2.37. The van der Waals surface area contributed by atoms with Gasteiger partial charge in [0.15, 0.2) is 0 Å². The van der Waals surface area contributed by atoms with Crippen LogP contribution in [0.2, 0.25) is 5.02 Å². The Morgan fingerprint density at radius 2 is 2.09 bits per heavy atom. The summed E-state index contributed by atoms with van der Waals surface area (Å²) in [5.74, 6) is 0.784. The molecule has 1 unspecified atom stereocenters. The molecular weight excluding hydrogens is 298 g/mol. The molecule has 1 aromatic carbocycles. The summed E-state index contributed by atoms with van der Waals surface area (Å²) in [4.78, 5) is 5.16. The van der Waals surface area contributed by atoms with Crippen molar-refractivity contribution in [2.75, 3.05) is 45.9 Å². The van der Waals surface area contributed by atoms with Gasteiger partial charge in [-0.1, -0.05) is 17.7 Å². The van der Waals surface area contributed by atoms with Gasteiger partial charge in [-0.3, -0.25) is 9.80 Å². The monoisotopic (exact) mass is 323 g/mol. The van der Waals surface area contributed by atoms with Gasteiger partial charge in [0.25, 0.3) is 0 Å². The summed E-state index contributed by atoms with van der Waals surface area (Å²) in [6.45, 7) is 10.6. The topological polar surface area (TPSA) is 27.7 Å². The summed E-state index contributed by atoms with van der Waals surface area (Å²) >= 11 is 6.28. The zero-order valence-electron chi connectivity index (χ0n) is 13.4. The summed E-state index contributed by atoms with van der Waals surface area (Å²) in [7, 11) is 0. The molecule has 0 aliphatic carbocycles. The molecule has 1 aromatic rings. The van der Waals surface area contributed by atoms with Crippen LogP contribution in [0.5, 0.6) is 5.75 Å². The molecule has 22 heavy (non-hydrogen) atoms. The van der Waals surface area contributed by atoms with Crippen LogP contribution in [0.15, 0.2) is 18.2 Å². The molecule has 1 N–H and O–H groups in total. The second-order valence-electron chi connectivity index (χ2n) is 6.16. The first-order valence-electron chi connectivity index (χ1n) is 8.34. The van der Waals surface area contributed by atoms with Crippen LogP contribution in [-0.4, -0.2) is 61.7 Å². The van der Waals surface area contributed by atoms with Crippen molar-refractivity contribution in [3.8, 4) is 5.75 Å². The largest absolute Gasteiger partial charge is 0.492 e. The zero-order valence-corrected chi connectivity index (χ0v) is 14.1. The second-order valence-corrected chi connectivity index (χ2v) is 6.56. The van der Waals surface area contributed by atoms with Crippen molar-refractivity contribution in [3.05, 3.63) is 28.8 Å². The van der Waals surface area contributed by atoms with E-state index in [0.29, 0.717) is 6.61 Å². The molecule has 1 atom stereocenters. The number of nitrogens with one attached hydrogen (secondary N) is 1.